The van der Waals surface area contributed by atoms with Crippen molar-refractivity contribution in [1.29, 1.82) is 0 Å². The molecule has 0 bridgehead atoms. The molecule has 1 saturated heterocycles. The van der Waals surface area contributed by atoms with E-state index in [0.29, 0.717) is 5.30 Å². The van der Waals surface area contributed by atoms with Crippen LogP contribution in [0.2, 0.25) is 0 Å². The van der Waals surface area contributed by atoms with Crippen LogP contribution >= 0.6 is 7.60 Å². The fourth-order valence-corrected chi connectivity index (χ4v) is 3.59. The van der Waals surface area contributed by atoms with Crippen molar-refractivity contribution in [2.24, 2.45) is 0 Å². The molecule has 1 aliphatic heterocycles. The van der Waals surface area contributed by atoms with Gasteiger partial charge in [-0.1, -0.05) is 11.6 Å². The third-order valence-electron chi connectivity index (χ3n) is 4.41. The normalized spacial score (nSPS) is 20.4. The molecule has 0 amide bonds. The number of hydrogen-bond acceptors (Lipinski definition) is 5. The van der Waals surface area contributed by atoms with Gasteiger partial charge >= 0.3 is 14.7 Å². The summed E-state index contributed by atoms with van der Waals surface area (Å²) in [5.74, 6) is 0. The summed E-state index contributed by atoms with van der Waals surface area (Å²) in [6.45, 7) is 9.92. The number of benzene rings is 1. The molecule has 0 atom stereocenters. The highest BCUT2D eigenvalue weighted by Crippen LogP contribution is 2.45. The standard InChI is InChI=1S/C15H24BO5P/c1-11-8-12(10-13(9-11)22(17,18-6)19-7)16-20-14(2,3)15(4,5)21-16/h8-10H,1-7H3. The second kappa shape index (κ2) is 5.77. The average Bonchev–Trinajstić information content (AvgIpc) is 2.66. The van der Waals surface area contributed by atoms with Gasteiger partial charge in [0.2, 0.25) is 0 Å². The van der Waals surface area contributed by atoms with Gasteiger partial charge in [0.25, 0.3) is 0 Å². The fraction of sp³-hybridized carbons (Fsp3) is 0.600. The van der Waals surface area contributed by atoms with Crippen LogP contribution in [0.25, 0.3) is 0 Å². The summed E-state index contributed by atoms with van der Waals surface area (Å²) in [4.78, 5) is 0. The molecule has 0 radical (unpaired) electrons. The van der Waals surface area contributed by atoms with Gasteiger partial charge in [0.05, 0.1) is 16.5 Å². The molecule has 1 aromatic carbocycles. The lowest BCUT2D eigenvalue weighted by Crippen LogP contribution is -2.41. The van der Waals surface area contributed by atoms with Crippen molar-refractivity contribution in [2.45, 2.75) is 45.8 Å². The van der Waals surface area contributed by atoms with Crippen molar-refractivity contribution in [3.8, 4) is 0 Å². The smallest absolute Gasteiger partial charge is 0.399 e. The van der Waals surface area contributed by atoms with E-state index < -0.39 is 25.9 Å². The highest BCUT2D eigenvalue weighted by atomic mass is 31.2. The van der Waals surface area contributed by atoms with Crippen molar-refractivity contribution in [2.75, 3.05) is 14.2 Å². The molecule has 5 nitrogen and oxygen atoms in total. The molecule has 1 heterocycles. The Bertz CT molecular complexity index is 590. The molecule has 0 N–H and O–H groups in total. The Morgan fingerprint density at radius 2 is 1.50 bits per heavy atom. The van der Waals surface area contributed by atoms with Crippen LogP contribution in [-0.4, -0.2) is 32.5 Å². The minimum Gasteiger partial charge on any atom is -0.399 e. The van der Waals surface area contributed by atoms with Crippen LogP contribution in [0.1, 0.15) is 33.3 Å². The SMILES string of the molecule is COP(=O)(OC)c1cc(C)cc(B2OC(C)(C)C(C)(C)O2)c1. The topological polar surface area (TPSA) is 54.0 Å². The van der Waals surface area contributed by atoms with Gasteiger partial charge in [0.15, 0.2) is 0 Å². The van der Waals surface area contributed by atoms with Crippen LogP contribution in [0.15, 0.2) is 18.2 Å². The maximum Gasteiger partial charge on any atom is 0.494 e. The van der Waals surface area contributed by atoms with Crippen molar-refractivity contribution < 1.29 is 22.9 Å². The van der Waals surface area contributed by atoms with Crippen LogP contribution in [0, 0.1) is 6.92 Å². The van der Waals surface area contributed by atoms with Crippen molar-refractivity contribution >= 4 is 25.5 Å². The third kappa shape index (κ3) is 3.03. The largest absolute Gasteiger partial charge is 0.494 e. The second-order valence-electron chi connectivity index (χ2n) is 6.55. The van der Waals surface area contributed by atoms with Gasteiger partial charge in [-0.2, -0.15) is 0 Å². The molecule has 1 aliphatic rings. The summed E-state index contributed by atoms with van der Waals surface area (Å²) in [6, 6.07) is 5.52. The first-order chi connectivity index (χ1) is 10.0. The van der Waals surface area contributed by atoms with Gasteiger partial charge in [-0.3, -0.25) is 4.57 Å². The zero-order valence-electron chi connectivity index (χ0n) is 14.3. The van der Waals surface area contributed by atoms with Crippen LogP contribution in [0.3, 0.4) is 0 Å². The zero-order chi connectivity index (χ0) is 16.8. The Hall–Kier alpha value is -0.645. The maximum atomic E-state index is 12.6. The molecule has 2 rings (SSSR count). The average molecular weight is 326 g/mol. The van der Waals surface area contributed by atoms with Crippen molar-refractivity contribution in [3.63, 3.8) is 0 Å². The van der Waals surface area contributed by atoms with E-state index >= 15 is 0 Å². The van der Waals surface area contributed by atoms with Crippen LogP contribution in [0.4, 0.5) is 0 Å². The van der Waals surface area contributed by atoms with Crippen molar-refractivity contribution in [1.82, 2.24) is 0 Å². The first kappa shape index (κ1) is 17.7. The Kier molecular flexibility index (Phi) is 4.64. The molecule has 0 aliphatic carbocycles. The summed E-state index contributed by atoms with van der Waals surface area (Å²) in [7, 11) is -1.06. The highest BCUT2D eigenvalue weighted by Gasteiger charge is 2.51. The fourth-order valence-electron chi connectivity index (χ4n) is 2.35. The summed E-state index contributed by atoms with van der Waals surface area (Å²) < 4.78 is 34.9. The van der Waals surface area contributed by atoms with Gasteiger partial charge in [-0.15, -0.1) is 0 Å². The predicted molar refractivity (Wildman–Crippen MR) is 88.2 cm³/mol. The molecule has 7 heteroatoms. The minimum atomic E-state index is -3.30. The molecule has 1 fully saturated rings. The van der Waals surface area contributed by atoms with Crippen LogP contribution in [0.5, 0.6) is 0 Å². The van der Waals surface area contributed by atoms with E-state index in [1.807, 2.05) is 40.7 Å². The van der Waals surface area contributed by atoms with Crippen LogP contribution in [-0.2, 0) is 22.9 Å². The summed E-state index contributed by atoms with van der Waals surface area (Å²) in [5, 5.41) is 0.502. The lowest BCUT2D eigenvalue weighted by atomic mass is 9.78. The quantitative estimate of drug-likeness (QED) is 0.628. The Balaban J connectivity index is 2.43. The Morgan fingerprint density at radius 1 is 1.00 bits per heavy atom. The van der Waals surface area contributed by atoms with E-state index in [-0.39, 0.29) is 0 Å². The van der Waals surface area contributed by atoms with Gasteiger partial charge in [0.1, 0.15) is 0 Å². The number of aryl methyl sites for hydroxylation is 1. The van der Waals surface area contributed by atoms with E-state index in [4.69, 9.17) is 18.4 Å². The zero-order valence-corrected chi connectivity index (χ0v) is 15.2. The predicted octanol–water partition coefficient (Wildman–Crippen LogP) is 2.41. The van der Waals surface area contributed by atoms with E-state index in [1.165, 1.54) is 14.2 Å². The summed E-state index contributed by atoms with van der Waals surface area (Å²) >= 11 is 0. The molecule has 0 unspecified atom stereocenters. The molecular weight excluding hydrogens is 302 g/mol. The van der Waals surface area contributed by atoms with Crippen molar-refractivity contribution in [3.05, 3.63) is 23.8 Å². The summed E-state index contributed by atoms with van der Waals surface area (Å²) in [5.41, 5.74) is 0.904. The molecule has 0 saturated carbocycles. The summed E-state index contributed by atoms with van der Waals surface area (Å²) in [6.07, 6.45) is 0. The lowest BCUT2D eigenvalue weighted by molar-refractivity contribution is 0.00578. The minimum absolute atomic E-state index is 0.423. The molecule has 0 spiro atoms. The Morgan fingerprint density at radius 3 is 1.95 bits per heavy atom. The molecular formula is C15H24BO5P. The van der Waals surface area contributed by atoms with Gasteiger partial charge in [0, 0.05) is 14.2 Å². The lowest BCUT2D eigenvalue weighted by Gasteiger charge is -2.32. The maximum absolute atomic E-state index is 12.6. The third-order valence-corrected chi connectivity index (χ3v) is 6.26. The van der Waals surface area contributed by atoms with E-state index in [9.17, 15) is 4.57 Å². The molecule has 0 aromatic heterocycles. The van der Waals surface area contributed by atoms with Gasteiger partial charge in [-0.25, -0.2) is 0 Å². The van der Waals surface area contributed by atoms with E-state index in [2.05, 4.69) is 0 Å². The first-order valence-corrected chi connectivity index (χ1v) is 8.78. The van der Waals surface area contributed by atoms with Crippen LogP contribution < -0.4 is 10.8 Å². The monoisotopic (exact) mass is 326 g/mol. The first-order valence-electron chi connectivity index (χ1n) is 7.24. The molecule has 122 valence electrons. The molecule has 22 heavy (non-hydrogen) atoms. The molecule has 1 aromatic rings. The van der Waals surface area contributed by atoms with Gasteiger partial charge in [-0.05, 0) is 52.2 Å². The van der Waals surface area contributed by atoms with E-state index in [1.54, 1.807) is 12.1 Å². The van der Waals surface area contributed by atoms with E-state index in [0.717, 1.165) is 11.0 Å². The second-order valence-corrected chi connectivity index (χ2v) is 8.79. The number of hydrogen-bond donors (Lipinski definition) is 0. The highest BCUT2D eigenvalue weighted by molar-refractivity contribution is 7.62. The Labute approximate surface area is 133 Å². The van der Waals surface area contributed by atoms with Gasteiger partial charge < -0.3 is 18.4 Å². The number of rotatable bonds is 4.